The lowest BCUT2D eigenvalue weighted by molar-refractivity contribution is 1.33. The molecule has 7 rings (SSSR count). The Morgan fingerprint density at radius 2 is 1.17 bits per heavy atom. The van der Waals surface area contributed by atoms with Crippen molar-refractivity contribution in [3.05, 3.63) is 156 Å². The maximum Gasteiger partial charge on any atom is 0.0744 e. The van der Waals surface area contributed by atoms with Crippen molar-refractivity contribution in [2.24, 2.45) is 0 Å². The van der Waals surface area contributed by atoms with E-state index in [-0.39, 0.29) is 0 Å². The Morgan fingerprint density at radius 3 is 1.85 bits per heavy atom. The standard InChI is InChI=1S/C40H29N/c1-3-4-9-29-19-20-31-21-24-33(41-40(31)27(29)2)23-16-28-14-17-30(18-15-28)32-22-25-38-36-12-6-5-10-34(36)35-11-7-8-13-37(35)39(38)26-32/h3-26H,1H2,2H3/b9-4-,23-16+. The molecule has 1 heteroatoms. The number of allylic oxidation sites excluding steroid dienone is 2. The van der Waals surface area contributed by atoms with Gasteiger partial charge in [0.2, 0.25) is 0 Å². The minimum atomic E-state index is 0.947. The zero-order chi connectivity index (χ0) is 27.8. The fraction of sp³-hybridized carbons (Fsp3) is 0.0250. The summed E-state index contributed by atoms with van der Waals surface area (Å²) in [6.45, 7) is 5.91. The van der Waals surface area contributed by atoms with Crippen LogP contribution in [0.2, 0.25) is 0 Å². The molecule has 0 saturated heterocycles. The van der Waals surface area contributed by atoms with Crippen LogP contribution in [0.3, 0.4) is 0 Å². The van der Waals surface area contributed by atoms with E-state index in [1.165, 1.54) is 49.0 Å². The van der Waals surface area contributed by atoms with Gasteiger partial charge in [-0.1, -0.05) is 134 Å². The molecule has 0 radical (unpaired) electrons. The Morgan fingerprint density at radius 1 is 0.561 bits per heavy atom. The van der Waals surface area contributed by atoms with E-state index in [1.807, 2.05) is 6.08 Å². The van der Waals surface area contributed by atoms with E-state index in [9.17, 15) is 0 Å². The molecular formula is C40H29N. The highest BCUT2D eigenvalue weighted by molar-refractivity contribution is 6.25. The third kappa shape index (κ3) is 4.52. The quantitative estimate of drug-likeness (QED) is 0.161. The van der Waals surface area contributed by atoms with E-state index in [0.29, 0.717) is 0 Å². The largest absolute Gasteiger partial charge is 0.248 e. The van der Waals surface area contributed by atoms with Crippen LogP contribution in [0.5, 0.6) is 0 Å². The third-order valence-corrected chi connectivity index (χ3v) is 8.03. The number of nitrogens with zero attached hydrogens (tertiary/aromatic N) is 1. The molecule has 6 aromatic carbocycles. The van der Waals surface area contributed by atoms with E-state index >= 15 is 0 Å². The predicted octanol–water partition coefficient (Wildman–Crippen LogP) is 11.0. The van der Waals surface area contributed by atoms with Crippen LogP contribution in [0.15, 0.2) is 134 Å². The highest BCUT2D eigenvalue weighted by Gasteiger charge is 2.09. The minimum Gasteiger partial charge on any atom is -0.248 e. The summed E-state index contributed by atoms with van der Waals surface area (Å²) in [4.78, 5) is 4.95. The van der Waals surface area contributed by atoms with Crippen molar-refractivity contribution in [2.45, 2.75) is 6.92 Å². The molecule has 1 heterocycles. The van der Waals surface area contributed by atoms with Gasteiger partial charge in [-0.3, -0.25) is 0 Å². The molecule has 0 aliphatic rings. The molecule has 0 saturated carbocycles. The zero-order valence-corrected chi connectivity index (χ0v) is 23.0. The molecule has 0 aliphatic heterocycles. The molecule has 7 aromatic rings. The Bertz CT molecular complexity index is 2130. The SMILES string of the molecule is C=C/C=C\c1ccc2ccc(/C=C/c3ccc(-c4ccc5c6ccccc6c6ccccc6c5c4)cc3)nc2c1C. The van der Waals surface area contributed by atoms with Gasteiger partial charge in [0.15, 0.2) is 0 Å². The second-order valence-electron chi connectivity index (χ2n) is 10.5. The van der Waals surface area contributed by atoms with Crippen LogP contribution in [0.1, 0.15) is 22.4 Å². The Kier molecular flexibility index (Phi) is 6.26. The molecule has 0 bridgehead atoms. The maximum atomic E-state index is 4.95. The average molecular weight is 524 g/mol. The van der Waals surface area contributed by atoms with Crippen LogP contribution >= 0.6 is 0 Å². The Labute approximate surface area is 240 Å². The van der Waals surface area contributed by atoms with Gasteiger partial charge in [0.1, 0.15) is 0 Å². The number of benzene rings is 6. The molecule has 0 aliphatic carbocycles. The molecule has 0 spiro atoms. The fourth-order valence-electron chi connectivity index (χ4n) is 5.86. The van der Waals surface area contributed by atoms with Crippen LogP contribution in [-0.2, 0) is 0 Å². The van der Waals surface area contributed by atoms with Crippen molar-refractivity contribution >= 4 is 61.4 Å². The normalized spacial score (nSPS) is 11.9. The van der Waals surface area contributed by atoms with Crippen molar-refractivity contribution in [3.8, 4) is 11.1 Å². The summed E-state index contributed by atoms with van der Waals surface area (Å²) in [5.41, 5.74) is 7.90. The van der Waals surface area contributed by atoms with Gasteiger partial charge in [-0.2, -0.15) is 0 Å². The number of hydrogen-bond acceptors (Lipinski definition) is 1. The van der Waals surface area contributed by atoms with Gasteiger partial charge < -0.3 is 0 Å². The Hall–Kier alpha value is -5.27. The number of pyridine rings is 1. The van der Waals surface area contributed by atoms with Gasteiger partial charge >= 0.3 is 0 Å². The number of hydrogen-bond donors (Lipinski definition) is 0. The second kappa shape index (κ2) is 10.4. The van der Waals surface area contributed by atoms with Crippen molar-refractivity contribution in [1.29, 1.82) is 0 Å². The van der Waals surface area contributed by atoms with Gasteiger partial charge in [-0.25, -0.2) is 4.98 Å². The number of aryl methyl sites for hydroxylation is 1. The third-order valence-electron chi connectivity index (χ3n) is 8.03. The monoisotopic (exact) mass is 523 g/mol. The molecule has 1 aromatic heterocycles. The van der Waals surface area contributed by atoms with Gasteiger partial charge in [-0.05, 0) is 85.3 Å². The summed E-state index contributed by atoms with van der Waals surface area (Å²) in [5, 5.41) is 8.94. The lowest BCUT2D eigenvalue weighted by Crippen LogP contribution is -1.89. The second-order valence-corrected chi connectivity index (χ2v) is 10.5. The smallest absolute Gasteiger partial charge is 0.0744 e. The fourth-order valence-corrected chi connectivity index (χ4v) is 5.86. The first-order valence-electron chi connectivity index (χ1n) is 14.0. The summed E-state index contributed by atoms with van der Waals surface area (Å²) < 4.78 is 0. The molecule has 0 N–H and O–H groups in total. The van der Waals surface area contributed by atoms with Crippen LogP contribution in [0.4, 0.5) is 0 Å². The van der Waals surface area contributed by atoms with E-state index in [1.54, 1.807) is 6.08 Å². The van der Waals surface area contributed by atoms with Crippen LogP contribution in [0.25, 0.3) is 72.6 Å². The first-order valence-corrected chi connectivity index (χ1v) is 14.0. The van der Waals surface area contributed by atoms with Gasteiger partial charge in [0.25, 0.3) is 0 Å². The Balaban J connectivity index is 1.21. The number of aromatic nitrogens is 1. The maximum absolute atomic E-state index is 4.95. The molecular weight excluding hydrogens is 494 g/mol. The molecule has 0 amide bonds. The highest BCUT2D eigenvalue weighted by atomic mass is 14.7. The summed E-state index contributed by atoms with van der Waals surface area (Å²) in [6.07, 6.45) is 10.1. The lowest BCUT2D eigenvalue weighted by Gasteiger charge is -2.12. The molecule has 1 nitrogen and oxygen atoms in total. The van der Waals surface area contributed by atoms with Crippen molar-refractivity contribution in [2.75, 3.05) is 0 Å². The van der Waals surface area contributed by atoms with E-state index in [2.05, 4.69) is 147 Å². The van der Waals surface area contributed by atoms with Crippen molar-refractivity contribution in [3.63, 3.8) is 0 Å². The van der Waals surface area contributed by atoms with Crippen LogP contribution in [0, 0.1) is 6.92 Å². The molecule has 0 unspecified atom stereocenters. The van der Waals surface area contributed by atoms with Gasteiger partial charge in [-0.15, -0.1) is 0 Å². The van der Waals surface area contributed by atoms with Crippen LogP contribution in [-0.4, -0.2) is 4.98 Å². The number of fused-ring (bicyclic) bond motifs is 7. The van der Waals surface area contributed by atoms with Crippen molar-refractivity contribution in [1.82, 2.24) is 4.98 Å². The topological polar surface area (TPSA) is 12.9 Å². The van der Waals surface area contributed by atoms with E-state index < -0.39 is 0 Å². The summed E-state index contributed by atoms with van der Waals surface area (Å²) >= 11 is 0. The minimum absolute atomic E-state index is 0.947. The summed E-state index contributed by atoms with van der Waals surface area (Å²) in [7, 11) is 0. The highest BCUT2D eigenvalue weighted by Crippen LogP contribution is 2.37. The van der Waals surface area contributed by atoms with Gasteiger partial charge in [0.05, 0.1) is 11.2 Å². The zero-order valence-electron chi connectivity index (χ0n) is 23.0. The van der Waals surface area contributed by atoms with Gasteiger partial charge in [0, 0.05) is 5.39 Å². The molecule has 194 valence electrons. The first-order chi connectivity index (χ1) is 20.2. The number of rotatable bonds is 5. The summed E-state index contributed by atoms with van der Waals surface area (Å²) in [6, 6.07) is 41.6. The van der Waals surface area contributed by atoms with Crippen molar-refractivity contribution < 1.29 is 0 Å². The summed E-state index contributed by atoms with van der Waals surface area (Å²) in [5.74, 6) is 0. The average Bonchev–Trinajstić information content (AvgIpc) is 3.04. The van der Waals surface area contributed by atoms with E-state index in [4.69, 9.17) is 4.98 Å². The predicted molar refractivity (Wildman–Crippen MR) is 179 cm³/mol. The molecule has 41 heavy (non-hydrogen) atoms. The molecule has 0 atom stereocenters. The first kappa shape index (κ1) is 24.7. The molecule has 0 fully saturated rings. The lowest BCUT2D eigenvalue weighted by atomic mass is 9.92. The van der Waals surface area contributed by atoms with Crippen LogP contribution < -0.4 is 0 Å². The van der Waals surface area contributed by atoms with E-state index in [0.717, 1.165) is 27.7 Å².